The first-order chi connectivity index (χ1) is 50.3. The zero-order valence-corrected chi connectivity index (χ0v) is 62.0. The topological polar surface area (TPSA) is 538 Å². The van der Waals surface area contributed by atoms with Crippen LogP contribution < -0.4 is 59.3 Å². The first kappa shape index (κ1) is 85.5. The van der Waals surface area contributed by atoms with Crippen LogP contribution >= 0.6 is 23.5 Å². The Morgan fingerprint density at radius 2 is 1.18 bits per heavy atom. The Kier molecular flexibility index (Phi) is 33.9. The molecule has 3 fully saturated rings. The Morgan fingerprint density at radius 1 is 0.623 bits per heavy atom. The van der Waals surface area contributed by atoms with Crippen molar-refractivity contribution in [2.45, 2.75) is 146 Å². The summed E-state index contributed by atoms with van der Waals surface area (Å²) < 4.78 is 0. The van der Waals surface area contributed by atoms with E-state index in [0.29, 0.717) is 34.3 Å². The summed E-state index contributed by atoms with van der Waals surface area (Å²) in [6, 6.07) is -4.46. The zero-order chi connectivity index (χ0) is 77.9. The molecular formula is C67H101N19O18S2. The Morgan fingerprint density at radius 3 is 1.74 bits per heavy atom. The van der Waals surface area contributed by atoms with Gasteiger partial charge in [0, 0.05) is 106 Å². The van der Waals surface area contributed by atoms with Gasteiger partial charge in [-0.25, -0.2) is 4.98 Å². The molecule has 3 saturated heterocycles. The largest absolute Gasteiger partial charge is 0.480 e. The fraction of sp³-hybridized carbons (Fsp3) is 0.612. The lowest BCUT2D eigenvalue weighted by molar-refractivity contribution is -0.146. The fourth-order valence-electron chi connectivity index (χ4n) is 12.4. The number of H-pyrrole nitrogens is 2. The molecule has 106 heavy (non-hydrogen) atoms. The van der Waals surface area contributed by atoms with E-state index in [1.807, 2.05) is 20.1 Å². The van der Waals surface area contributed by atoms with Gasteiger partial charge in [0.05, 0.1) is 44.4 Å². The van der Waals surface area contributed by atoms with Crippen LogP contribution in [-0.2, 0) is 84.8 Å². The van der Waals surface area contributed by atoms with Crippen LogP contribution in [0.5, 0.6) is 0 Å². The molecule has 3 aliphatic rings. The number of rotatable bonds is 39. The van der Waals surface area contributed by atoms with E-state index in [1.165, 1.54) is 47.9 Å². The van der Waals surface area contributed by atoms with Gasteiger partial charge in [-0.05, 0) is 74.5 Å². The third kappa shape index (κ3) is 27.5. The summed E-state index contributed by atoms with van der Waals surface area (Å²) >= 11 is 2.75. The number of aliphatic carboxylic acids is 3. The van der Waals surface area contributed by atoms with Gasteiger partial charge in [-0.15, -0.1) is 11.8 Å². The number of primary amides is 2. The molecular weight excluding hydrogens is 1420 g/mol. The minimum atomic E-state index is -1.55. The number of nitrogens with zero attached hydrogens (tertiary/aromatic N) is 6. The van der Waals surface area contributed by atoms with Gasteiger partial charge < -0.3 is 89.5 Å². The van der Waals surface area contributed by atoms with E-state index in [-0.39, 0.29) is 129 Å². The lowest BCUT2D eigenvalue weighted by Crippen LogP contribution is -2.62. The number of carboxylic acids is 3. The van der Waals surface area contributed by atoms with E-state index in [1.54, 1.807) is 63.9 Å². The molecule has 5 heterocycles. The van der Waals surface area contributed by atoms with Crippen LogP contribution in [0, 0.1) is 11.8 Å². The molecule has 0 bridgehead atoms. The zero-order valence-electron chi connectivity index (χ0n) is 60.4. The number of carbonyl (C=O) groups excluding carboxylic acids is 12. The van der Waals surface area contributed by atoms with Crippen molar-refractivity contribution >= 4 is 123 Å². The highest BCUT2D eigenvalue weighted by molar-refractivity contribution is 8.00. The minimum Gasteiger partial charge on any atom is -0.480 e. The van der Waals surface area contributed by atoms with Crippen LogP contribution in [0.25, 0.3) is 10.9 Å². The van der Waals surface area contributed by atoms with Crippen LogP contribution in [0.15, 0.2) is 43.0 Å². The number of aromatic amines is 2. The van der Waals surface area contributed by atoms with Crippen molar-refractivity contribution in [1.29, 1.82) is 0 Å². The minimum absolute atomic E-state index is 0.0632. The second-order valence-electron chi connectivity index (χ2n) is 27.2. The molecule has 0 radical (unpaired) electrons. The van der Waals surface area contributed by atoms with E-state index < -0.39 is 167 Å². The van der Waals surface area contributed by atoms with Crippen molar-refractivity contribution in [3.05, 3.63) is 54.2 Å². The van der Waals surface area contributed by atoms with Gasteiger partial charge in [0.15, 0.2) is 0 Å². The summed E-state index contributed by atoms with van der Waals surface area (Å²) in [6.45, 7) is 7.27. The van der Waals surface area contributed by atoms with Crippen LogP contribution in [0.2, 0.25) is 0 Å². The molecule has 1 aromatic carbocycles. The Bertz CT molecular complexity index is 3550. The summed E-state index contributed by atoms with van der Waals surface area (Å²) in [4.78, 5) is 219. The standard InChI is InChI=1S/C67H101N19O18S2/c1-37(2)25-47(63(100)77-44(59(69)96)15-24-105-6)79-64(101)49(27-41-29-70-36-73-41)76-52(88)30-72-66(103)58(38(3)4)81-60(97)39(5)74-62(99)48(26-40-28-71-43-10-8-7-9-42(40)43)80-61(98)45(11-13-51(68)87)78-65(102)50-35-106-54-14-12-46(67(104)86(50)54)75-53(89)31-82-16-18-83(32-55(90)91)20-22-85(34-57(94)95)23-21-84(19-17-82)33-56(92)93/h7-10,28-29,36-39,44-50,54,58,71H,11-27,30-35H2,1-6H3,(H2,68,87)(H2,69,96)(H,70,73)(H,72,103)(H,74,99)(H,75,89)(H,76,88)(H,77,100)(H,78,102)(H,79,101)(H,80,98)(H,81,97)(H,90,91)(H,92,93)(H,94,95)/t39-,44-,45-,46-,47-,48-,49-,50-,54?,58-/m0/s1. The fourth-order valence-corrected chi connectivity index (χ4v) is 14.3. The van der Waals surface area contributed by atoms with Gasteiger partial charge in [-0.3, -0.25) is 91.5 Å². The Hall–Kier alpha value is -9.44. The predicted octanol–water partition coefficient (Wildman–Crippen LogP) is -4.56. The number of nitrogens with one attached hydrogen (secondary N) is 11. The lowest BCUT2D eigenvalue weighted by atomic mass is 10.0. The molecule has 0 aliphatic carbocycles. The predicted molar refractivity (Wildman–Crippen MR) is 388 cm³/mol. The molecule has 0 saturated carbocycles. The average Bonchev–Trinajstić information content (AvgIpc) is 1.61. The van der Waals surface area contributed by atoms with Gasteiger partial charge in [0.1, 0.15) is 54.4 Å². The van der Waals surface area contributed by atoms with Gasteiger partial charge in [-0.1, -0.05) is 45.9 Å². The maximum absolute atomic E-state index is 14.7. The number of carbonyl (C=O) groups is 15. The first-order valence-corrected chi connectivity index (χ1v) is 37.5. The monoisotopic (exact) mass is 1520 g/mol. The van der Waals surface area contributed by atoms with Crippen molar-refractivity contribution in [2.24, 2.45) is 23.3 Å². The second-order valence-corrected chi connectivity index (χ2v) is 29.4. The van der Waals surface area contributed by atoms with Crippen molar-refractivity contribution in [3.8, 4) is 0 Å². The number of nitrogens with two attached hydrogens (primary N) is 2. The summed E-state index contributed by atoms with van der Waals surface area (Å²) in [7, 11) is 0. The van der Waals surface area contributed by atoms with E-state index in [0.717, 1.165) is 0 Å². The normalized spacial score (nSPS) is 19.1. The SMILES string of the molecule is CSCC[C@H](NC(=O)[C@H](CC(C)C)NC(=O)[C@H](Cc1cnc[nH]1)NC(=O)CNC(=O)[C@@H](NC(=O)[C@H](C)NC(=O)[C@H](Cc1c[nH]c2ccccc12)NC(=O)[C@H](CCC(N)=O)NC(=O)[C@@H]1CSC2CC[C@H](NC(=O)CN3CCN(CC(=O)O)CCN(CC(=O)O)CCN(CC(=O)O)CC3)C(=O)N21)C(C)C)C(N)=O. The molecule has 18 N–H and O–H groups in total. The van der Waals surface area contributed by atoms with Crippen LogP contribution in [0.3, 0.4) is 0 Å². The number of carboxylic acid groups (broad SMARTS) is 3. The lowest BCUT2D eigenvalue weighted by Gasteiger charge is -2.37. The first-order valence-electron chi connectivity index (χ1n) is 35.0. The smallest absolute Gasteiger partial charge is 0.317 e. The molecule has 37 nitrogen and oxygen atoms in total. The number of hydrogen-bond acceptors (Lipinski definition) is 22. The van der Waals surface area contributed by atoms with E-state index in [2.05, 4.69) is 62.8 Å². The van der Waals surface area contributed by atoms with Crippen molar-refractivity contribution in [1.82, 2.24) is 87.3 Å². The van der Waals surface area contributed by atoms with Crippen molar-refractivity contribution in [2.75, 3.05) is 103 Å². The third-order valence-electron chi connectivity index (χ3n) is 18.1. The molecule has 0 spiro atoms. The van der Waals surface area contributed by atoms with E-state index in [9.17, 15) is 87.2 Å². The van der Waals surface area contributed by atoms with Gasteiger partial charge in [0.25, 0.3) is 0 Å². The molecule has 584 valence electrons. The molecule has 6 rings (SSSR count). The molecule has 2 aromatic heterocycles. The summed E-state index contributed by atoms with van der Waals surface area (Å²) in [5, 5.41) is 52.8. The molecule has 39 heteroatoms. The van der Waals surface area contributed by atoms with E-state index >= 15 is 0 Å². The number of amides is 12. The molecule has 3 aliphatic heterocycles. The second kappa shape index (κ2) is 42.0. The number of piperidine rings is 1. The Labute approximate surface area is 621 Å². The number of hydrogen-bond donors (Lipinski definition) is 16. The number of aromatic nitrogens is 3. The quantitative estimate of drug-likeness (QED) is 0.0256. The average molecular weight is 1520 g/mol. The van der Waals surface area contributed by atoms with Crippen molar-refractivity contribution < 1.29 is 87.2 Å². The number of para-hydroxylation sites is 1. The van der Waals surface area contributed by atoms with Crippen LogP contribution in [0.4, 0.5) is 0 Å². The van der Waals surface area contributed by atoms with E-state index in [4.69, 9.17) is 11.5 Å². The highest BCUT2D eigenvalue weighted by Crippen LogP contribution is 2.37. The van der Waals surface area contributed by atoms with Crippen molar-refractivity contribution in [3.63, 3.8) is 0 Å². The highest BCUT2D eigenvalue weighted by atomic mass is 32.2. The molecule has 12 amide bonds. The highest BCUT2D eigenvalue weighted by Gasteiger charge is 2.48. The molecule has 10 atom stereocenters. The third-order valence-corrected chi connectivity index (χ3v) is 20.1. The number of fused-ring (bicyclic) bond motifs is 2. The van der Waals surface area contributed by atoms with Gasteiger partial charge in [-0.2, -0.15) is 11.8 Å². The van der Waals surface area contributed by atoms with Gasteiger partial charge >= 0.3 is 17.9 Å². The van der Waals surface area contributed by atoms with Crippen LogP contribution in [0.1, 0.15) is 84.4 Å². The van der Waals surface area contributed by atoms with Gasteiger partial charge in [0.2, 0.25) is 70.9 Å². The maximum Gasteiger partial charge on any atom is 0.317 e. The summed E-state index contributed by atoms with van der Waals surface area (Å²) in [6.07, 6.45) is 6.05. The number of thioether (sulfide) groups is 2. The number of imidazole rings is 1. The molecule has 1 unspecified atom stereocenters. The Balaban J connectivity index is 1.11. The number of benzene rings is 1. The summed E-state index contributed by atoms with van der Waals surface area (Å²) in [5.41, 5.74) is 12.8. The molecule has 3 aromatic rings. The summed E-state index contributed by atoms with van der Waals surface area (Å²) in [5.74, 6) is -12.9. The van der Waals surface area contributed by atoms with Crippen LogP contribution in [-0.4, -0.2) is 306 Å². The maximum atomic E-state index is 14.7.